The Labute approximate surface area is 61.8 Å². The Morgan fingerprint density at radius 2 is 2.00 bits per heavy atom. The second kappa shape index (κ2) is 5.12. The van der Waals surface area contributed by atoms with Gasteiger partial charge in [0, 0.05) is 5.25 Å². The minimum Gasteiger partial charge on any atom is -0.236 e. The van der Waals surface area contributed by atoms with Crippen molar-refractivity contribution in [2.75, 3.05) is 6.61 Å². The van der Waals surface area contributed by atoms with Gasteiger partial charge in [0.2, 0.25) is 0 Å². The lowest BCUT2D eigenvalue weighted by molar-refractivity contribution is 0.193. The molecule has 9 heavy (non-hydrogen) atoms. The Balaban J connectivity index is 3.31. The van der Waals surface area contributed by atoms with E-state index in [1.54, 1.807) is 11.8 Å². The molecule has 0 N–H and O–H groups in total. The van der Waals surface area contributed by atoms with Gasteiger partial charge in [-0.25, -0.2) is 5.11 Å². The molecule has 0 saturated carbocycles. The van der Waals surface area contributed by atoms with Crippen LogP contribution >= 0.6 is 11.8 Å². The average Bonchev–Trinajstić information content (AvgIpc) is 1.82. The first-order chi connectivity index (χ1) is 4.20. The molecular formula is C7H15OS. The van der Waals surface area contributed by atoms with Crippen molar-refractivity contribution in [3.63, 3.8) is 0 Å². The smallest absolute Gasteiger partial charge is 0.0940 e. The molecule has 0 saturated heterocycles. The van der Waals surface area contributed by atoms with Crippen LogP contribution in [0, 0.1) is 0 Å². The molecule has 0 amide bonds. The van der Waals surface area contributed by atoms with Crippen LogP contribution in [0.3, 0.4) is 0 Å². The van der Waals surface area contributed by atoms with Gasteiger partial charge in [-0.05, 0) is 11.7 Å². The molecular weight excluding hydrogens is 132 g/mol. The van der Waals surface area contributed by atoms with Crippen LogP contribution in [0.15, 0.2) is 0 Å². The monoisotopic (exact) mass is 147 g/mol. The molecule has 55 valence electrons. The second-order valence-corrected chi connectivity index (χ2v) is 4.26. The van der Waals surface area contributed by atoms with Gasteiger partial charge < -0.3 is 0 Å². The van der Waals surface area contributed by atoms with E-state index in [1.807, 2.05) is 0 Å². The fraction of sp³-hybridized carbons (Fsp3) is 1.00. The molecule has 0 aromatic carbocycles. The van der Waals surface area contributed by atoms with Crippen molar-refractivity contribution in [3.05, 3.63) is 0 Å². The summed E-state index contributed by atoms with van der Waals surface area (Å²) in [7, 11) is 0. The van der Waals surface area contributed by atoms with Crippen LogP contribution in [0.5, 0.6) is 0 Å². The van der Waals surface area contributed by atoms with Crippen LogP contribution in [0.1, 0.15) is 27.2 Å². The first kappa shape index (κ1) is 9.31. The van der Waals surface area contributed by atoms with E-state index < -0.39 is 0 Å². The summed E-state index contributed by atoms with van der Waals surface area (Å²) in [6.45, 7) is 6.39. The van der Waals surface area contributed by atoms with Gasteiger partial charge in [-0.3, -0.25) is 0 Å². The van der Waals surface area contributed by atoms with Gasteiger partial charge in [0.1, 0.15) is 0 Å². The Hall–Kier alpha value is 0.310. The van der Waals surface area contributed by atoms with Crippen molar-refractivity contribution in [1.29, 1.82) is 0 Å². The number of hydrogen-bond acceptors (Lipinski definition) is 1. The normalized spacial score (nSPS) is 14.3. The topological polar surface area (TPSA) is 19.9 Å². The van der Waals surface area contributed by atoms with Gasteiger partial charge in [-0.2, -0.15) is 11.8 Å². The summed E-state index contributed by atoms with van der Waals surface area (Å²) in [6.07, 6.45) is 1.01. The Morgan fingerprint density at radius 1 is 1.44 bits per heavy atom. The fourth-order valence-electron chi connectivity index (χ4n) is 0.638. The number of hydrogen-bond donors (Lipinski definition) is 0. The molecule has 0 aliphatic rings. The van der Waals surface area contributed by atoms with Crippen LogP contribution in [-0.2, 0) is 5.11 Å². The van der Waals surface area contributed by atoms with Gasteiger partial charge in [0.25, 0.3) is 0 Å². The van der Waals surface area contributed by atoms with Crippen molar-refractivity contribution in [3.8, 4) is 0 Å². The molecule has 0 bridgehead atoms. The quantitative estimate of drug-likeness (QED) is 0.597. The lowest BCUT2D eigenvalue weighted by Crippen LogP contribution is -2.08. The van der Waals surface area contributed by atoms with Crippen molar-refractivity contribution in [2.24, 2.45) is 0 Å². The standard InChI is InChI=1S/C7H15OS/c1-4-7(5-8)9-6(2)3/h6-7H,4-5H2,1-3H3. The van der Waals surface area contributed by atoms with E-state index >= 15 is 0 Å². The third-order valence-electron chi connectivity index (χ3n) is 1.11. The molecule has 0 heterocycles. The molecule has 1 nitrogen and oxygen atoms in total. The molecule has 1 radical (unpaired) electrons. The van der Waals surface area contributed by atoms with Crippen LogP contribution in [0.25, 0.3) is 0 Å². The third-order valence-corrected chi connectivity index (χ3v) is 2.50. The maximum atomic E-state index is 10.4. The Morgan fingerprint density at radius 3 is 2.11 bits per heavy atom. The highest BCUT2D eigenvalue weighted by molar-refractivity contribution is 8.00. The van der Waals surface area contributed by atoms with E-state index in [0.29, 0.717) is 10.5 Å². The minimum absolute atomic E-state index is 0.0688. The largest absolute Gasteiger partial charge is 0.236 e. The molecule has 0 aliphatic carbocycles. The minimum atomic E-state index is 0.0688. The maximum absolute atomic E-state index is 10.4. The predicted octanol–water partition coefficient (Wildman–Crippen LogP) is 2.34. The van der Waals surface area contributed by atoms with Gasteiger partial charge >= 0.3 is 0 Å². The van der Waals surface area contributed by atoms with Crippen LogP contribution in [0.2, 0.25) is 0 Å². The molecule has 0 aliphatic heterocycles. The molecule has 1 unspecified atom stereocenters. The van der Waals surface area contributed by atoms with Gasteiger partial charge in [-0.1, -0.05) is 20.8 Å². The van der Waals surface area contributed by atoms with E-state index in [4.69, 9.17) is 0 Å². The van der Waals surface area contributed by atoms with Gasteiger partial charge in [0.15, 0.2) is 0 Å². The van der Waals surface area contributed by atoms with Crippen molar-refractivity contribution < 1.29 is 5.11 Å². The Bertz CT molecular complexity index is 59.9. The Kier molecular flexibility index (Phi) is 5.30. The third kappa shape index (κ3) is 4.79. The first-order valence-electron chi connectivity index (χ1n) is 3.44. The van der Waals surface area contributed by atoms with Crippen LogP contribution in [-0.4, -0.2) is 17.1 Å². The lowest BCUT2D eigenvalue weighted by atomic mass is 10.3. The summed E-state index contributed by atoms with van der Waals surface area (Å²) in [5.74, 6) is 0. The van der Waals surface area contributed by atoms with Crippen LogP contribution in [0.4, 0.5) is 0 Å². The van der Waals surface area contributed by atoms with E-state index in [0.717, 1.165) is 6.42 Å². The van der Waals surface area contributed by atoms with Gasteiger partial charge in [0.05, 0.1) is 6.61 Å². The summed E-state index contributed by atoms with van der Waals surface area (Å²) in [6, 6.07) is 0. The highest BCUT2D eigenvalue weighted by atomic mass is 32.2. The van der Waals surface area contributed by atoms with E-state index in [2.05, 4.69) is 20.8 Å². The first-order valence-corrected chi connectivity index (χ1v) is 4.38. The summed E-state index contributed by atoms with van der Waals surface area (Å²) < 4.78 is 0. The van der Waals surface area contributed by atoms with E-state index in [1.165, 1.54) is 0 Å². The fourth-order valence-corrected chi connectivity index (χ4v) is 1.68. The summed E-state index contributed by atoms with van der Waals surface area (Å²) in [5.41, 5.74) is 0. The van der Waals surface area contributed by atoms with Crippen LogP contribution < -0.4 is 0 Å². The zero-order valence-electron chi connectivity index (χ0n) is 6.39. The van der Waals surface area contributed by atoms with E-state index in [9.17, 15) is 5.11 Å². The highest BCUT2D eigenvalue weighted by Gasteiger charge is 2.06. The van der Waals surface area contributed by atoms with Crippen molar-refractivity contribution in [2.45, 2.75) is 37.7 Å². The molecule has 0 aromatic rings. The van der Waals surface area contributed by atoms with Gasteiger partial charge in [-0.15, -0.1) is 0 Å². The summed E-state index contributed by atoms with van der Waals surface area (Å²) >= 11 is 1.79. The zero-order chi connectivity index (χ0) is 7.28. The summed E-state index contributed by atoms with van der Waals surface area (Å²) in [5, 5.41) is 11.3. The maximum Gasteiger partial charge on any atom is 0.0940 e. The van der Waals surface area contributed by atoms with Crippen molar-refractivity contribution in [1.82, 2.24) is 0 Å². The molecule has 1 atom stereocenters. The van der Waals surface area contributed by atoms with Crippen molar-refractivity contribution >= 4 is 11.8 Å². The number of rotatable bonds is 4. The molecule has 0 rings (SSSR count). The predicted molar refractivity (Wildman–Crippen MR) is 42.4 cm³/mol. The van der Waals surface area contributed by atoms with E-state index in [-0.39, 0.29) is 6.61 Å². The second-order valence-electron chi connectivity index (χ2n) is 2.38. The SMILES string of the molecule is CCC(C[O])SC(C)C. The zero-order valence-corrected chi connectivity index (χ0v) is 7.20. The molecule has 0 aromatic heterocycles. The average molecular weight is 147 g/mol. The molecule has 0 fully saturated rings. The lowest BCUT2D eigenvalue weighted by Gasteiger charge is -2.11. The highest BCUT2D eigenvalue weighted by Crippen LogP contribution is 2.18. The molecule has 2 heteroatoms. The molecule has 0 spiro atoms. The number of thioether (sulfide) groups is 1. The summed E-state index contributed by atoms with van der Waals surface area (Å²) in [4.78, 5) is 0.